The second-order valence-electron chi connectivity index (χ2n) is 12.4. The number of unbranched alkanes of at least 4 members (excludes halogenated alkanes) is 4. The van der Waals surface area contributed by atoms with Crippen molar-refractivity contribution in [1.29, 1.82) is 0 Å². The topological polar surface area (TPSA) is 64.6 Å². The zero-order chi connectivity index (χ0) is 33.4. The molecule has 0 amide bonds. The Morgan fingerprint density at radius 2 is 1.30 bits per heavy atom. The van der Waals surface area contributed by atoms with Crippen molar-refractivity contribution in [2.24, 2.45) is 0 Å². The van der Waals surface area contributed by atoms with Gasteiger partial charge >= 0.3 is 0 Å². The van der Waals surface area contributed by atoms with E-state index in [-0.39, 0.29) is 18.3 Å². The molecule has 1 saturated heterocycles. The summed E-state index contributed by atoms with van der Waals surface area (Å²) in [5, 5.41) is 1.26. The van der Waals surface area contributed by atoms with Crippen molar-refractivity contribution in [1.82, 2.24) is 0 Å². The second-order valence-corrected chi connectivity index (χ2v) is 13.6. The first-order valence-electron chi connectivity index (χ1n) is 17.9. The zero-order valence-corrected chi connectivity index (χ0v) is 30.4. The SMILES string of the molecule is CCCCOC[C@H]1O[C@@H](c2cc(Cc3cc4ccccc4s3)c(OC)cc2OC)[C@H](OCCCC)[C@@H](OCCCC)[C@@H]1OCCCC. The van der Waals surface area contributed by atoms with Crippen LogP contribution >= 0.6 is 11.3 Å². The molecule has 4 rings (SSSR count). The highest BCUT2D eigenvalue weighted by atomic mass is 32.1. The molecule has 0 spiro atoms. The van der Waals surface area contributed by atoms with Gasteiger partial charge in [0.1, 0.15) is 42.0 Å². The molecule has 1 fully saturated rings. The molecule has 0 N–H and O–H groups in total. The summed E-state index contributed by atoms with van der Waals surface area (Å²) in [7, 11) is 3.42. The summed E-state index contributed by atoms with van der Waals surface area (Å²) in [6, 6.07) is 15.0. The molecule has 7 nitrogen and oxygen atoms in total. The van der Waals surface area contributed by atoms with E-state index >= 15 is 0 Å². The van der Waals surface area contributed by atoms with Crippen LogP contribution in [-0.4, -0.2) is 71.7 Å². The van der Waals surface area contributed by atoms with Crippen molar-refractivity contribution < 1.29 is 33.2 Å². The molecule has 8 heteroatoms. The van der Waals surface area contributed by atoms with Gasteiger partial charge in [-0.3, -0.25) is 0 Å². The van der Waals surface area contributed by atoms with Crippen molar-refractivity contribution in [2.75, 3.05) is 47.3 Å². The van der Waals surface area contributed by atoms with E-state index in [0.29, 0.717) is 38.8 Å². The van der Waals surface area contributed by atoms with Crippen LogP contribution in [0.2, 0.25) is 0 Å². The number of fused-ring (bicyclic) bond motifs is 1. The van der Waals surface area contributed by atoms with Crippen LogP contribution < -0.4 is 9.47 Å². The molecular formula is C39H58O7S. The fourth-order valence-electron chi connectivity index (χ4n) is 6.07. The van der Waals surface area contributed by atoms with Crippen LogP contribution in [0, 0.1) is 0 Å². The normalized spacial score (nSPS) is 21.4. The molecule has 262 valence electrons. The fourth-order valence-corrected chi connectivity index (χ4v) is 7.16. The van der Waals surface area contributed by atoms with E-state index < -0.39 is 12.2 Å². The molecule has 3 aromatic rings. The van der Waals surface area contributed by atoms with Crippen LogP contribution in [0.15, 0.2) is 42.5 Å². The fraction of sp³-hybridized carbons (Fsp3) is 0.641. The van der Waals surface area contributed by atoms with E-state index in [1.807, 2.05) is 17.4 Å². The van der Waals surface area contributed by atoms with Gasteiger partial charge in [-0.1, -0.05) is 71.6 Å². The lowest BCUT2D eigenvalue weighted by molar-refractivity contribution is -0.268. The molecule has 2 heterocycles. The third kappa shape index (κ3) is 10.4. The lowest BCUT2D eigenvalue weighted by atomic mass is 9.88. The Labute approximate surface area is 287 Å². The van der Waals surface area contributed by atoms with Gasteiger partial charge in [-0.05, 0) is 54.8 Å². The third-order valence-electron chi connectivity index (χ3n) is 8.76. The van der Waals surface area contributed by atoms with Gasteiger partial charge in [0, 0.05) is 54.1 Å². The number of hydrogen-bond acceptors (Lipinski definition) is 8. The minimum Gasteiger partial charge on any atom is -0.496 e. The monoisotopic (exact) mass is 670 g/mol. The Morgan fingerprint density at radius 1 is 0.681 bits per heavy atom. The van der Waals surface area contributed by atoms with Crippen LogP contribution in [0.25, 0.3) is 10.1 Å². The zero-order valence-electron chi connectivity index (χ0n) is 29.6. The standard InChI is InChI=1S/C39H58O7S/c1-7-11-19-42-27-34-37(43-20-12-8-2)39(45-22-14-10-4)38(44-21-13-9-3)36(46-34)31-25-29(32(40-5)26-33(31)41-6)24-30-23-28-17-15-16-18-35(28)47-30/h15-18,23,25-26,34,36-39H,7-14,19-22,24,27H2,1-6H3/t34-,36+,37-,38+,39+/m1/s1. The van der Waals surface area contributed by atoms with Crippen molar-refractivity contribution in [3.05, 3.63) is 58.5 Å². The van der Waals surface area contributed by atoms with Crippen molar-refractivity contribution in [3.63, 3.8) is 0 Å². The molecule has 0 radical (unpaired) electrons. The lowest BCUT2D eigenvalue weighted by Gasteiger charge is -2.46. The molecule has 0 saturated carbocycles. The Hall–Kier alpha value is -2.20. The van der Waals surface area contributed by atoms with Gasteiger partial charge < -0.3 is 33.2 Å². The largest absolute Gasteiger partial charge is 0.496 e. The molecule has 47 heavy (non-hydrogen) atoms. The summed E-state index contributed by atoms with van der Waals surface area (Å²) in [5.41, 5.74) is 2.01. The van der Waals surface area contributed by atoms with Gasteiger partial charge in [-0.2, -0.15) is 0 Å². The smallest absolute Gasteiger partial charge is 0.128 e. The Morgan fingerprint density at radius 3 is 1.94 bits per heavy atom. The number of rotatable bonds is 22. The molecule has 5 atom stereocenters. The molecule has 0 unspecified atom stereocenters. The van der Waals surface area contributed by atoms with Crippen molar-refractivity contribution in [3.8, 4) is 11.5 Å². The average molecular weight is 671 g/mol. The maximum absolute atomic E-state index is 7.07. The highest BCUT2D eigenvalue weighted by Gasteiger charge is 2.49. The van der Waals surface area contributed by atoms with Crippen LogP contribution in [0.1, 0.15) is 101 Å². The van der Waals surface area contributed by atoms with Crippen LogP contribution in [0.4, 0.5) is 0 Å². The number of thiophene rings is 1. The van der Waals surface area contributed by atoms with Crippen molar-refractivity contribution in [2.45, 2.75) is 116 Å². The first-order valence-corrected chi connectivity index (χ1v) is 18.7. The van der Waals surface area contributed by atoms with Crippen LogP contribution in [0.5, 0.6) is 11.5 Å². The predicted octanol–water partition coefficient (Wildman–Crippen LogP) is 9.32. The number of ether oxygens (including phenoxy) is 7. The first-order chi connectivity index (χ1) is 23.1. The van der Waals surface area contributed by atoms with Gasteiger partial charge in [0.05, 0.1) is 20.8 Å². The molecule has 2 aromatic carbocycles. The van der Waals surface area contributed by atoms with E-state index in [1.54, 1.807) is 14.2 Å². The van der Waals surface area contributed by atoms with Gasteiger partial charge in [-0.25, -0.2) is 0 Å². The maximum Gasteiger partial charge on any atom is 0.128 e. The highest BCUT2D eigenvalue weighted by Crippen LogP contribution is 2.44. The Balaban J connectivity index is 1.77. The molecule has 0 aliphatic carbocycles. The number of benzene rings is 2. The second kappa shape index (κ2) is 20.3. The van der Waals surface area contributed by atoms with Gasteiger partial charge in [0.2, 0.25) is 0 Å². The van der Waals surface area contributed by atoms with E-state index in [2.05, 4.69) is 64.1 Å². The minimum atomic E-state index is -0.453. The van der Waals surface area contributed by atoms with E-state index in [0.717, 1.165) is 74.7 Å². The average Bonchev–Trinajstić information content (AvgIpc) is 3.50. The Bertz CT molecular complexity index is 1280. The van der Waals surface area contributed by atoms with Crippen molar-refractivity contribution >= 4 is 21.4 Å². The summed E-state index contributed by atoms with van der Waals surface area (Å²) < 4.78 is 46.7. The lowest BCUT2D eigenvalue weighted by Crippen LogP contribution is -2.58. The minimum absolute atomic E-state index is 0.315. The summed E-state index contributed by atoms with van der Waals surface area (Å²) >= 11 is 1.82. The number of hydrogen-bond donors (Lipinski definition) is 0. The van der Waals surface area contributed by atoms with Gasteiger partial charge in [0.25, 0.3) is 0 Å². The summed E-state index contributed by atoms with van der Waals surface area (Å²) in [6.07, 6.45) is 7.02. The third-order valence-corrected chi connectivity index (χ3v) is 9.88. The van der Waals surface area contributed by atoms with Crippen LogP contribution in [0.3, 0.4) is 0 Å². The molecule has 1 aliphatic rings. The molecule has 1 aromatic heterocycles. The number of methoxy groups -OCH3 is 2. The highest BCUT2D eigenvalue weighted by molar-refractivity contribution is 7.19. The summed E-state index contributed by atoms with van der Waals surface area (Å²) in [4.78, 5) is 1.27. The van der Waals surface area contributed by atoms with Gasteiger partial charge in [-0.15, -0.1) is 11.3 Å². The quantitative estimate of drug-likeness (QED) is 0.0988. The van der Waals surface area contributed by atoms with E-state index in [9.17, 15) is 0 Å². The molecule has 0 bridgehead atoms. The summed E-state index contributed by atoms with van der Waals surface area (Å²) in [6.45, 7) is 11.7. The predicted molar refractivity (Wildman–Crippen MR) is 191 cm³/mol. The van der Waals surface area contributed by atoms with E-state index in [1.165, 1.54) is 15.0 Å². The summed E-state index contributed by atoms with van der Waals surface area (Å²) in [5.74, 6) is 1.50. The van der Waals surface area contributed by atoms with Crippen LogP contribution in [-0.2, 0) is 30.1 Å². The maximum atomic E-state index is 7.07. The van der Waals surface area contributed by atoms with Gasteiger partial charge in [0.15, 0.2) is 0 Å². The Kier molecular flexibility index (Phi) is 16.3. The van der Waals surface area contributed by atoms with E-state index in [4.69, 9.17) is 33.2 Å². The first kappa shape index (κ1) is 37.6. The molecular weight excluding hydrogens is 612 g/mol. The molecule has 1 aliphatic heterocycles.